The van der Waals surface area contributed by atoms with Gasteiger partial charge in [-0.05, 0) is 39.9 Å². The summed E-state index contributed by atoms with van der Waals surface area (Å²) < 4.78 is 37.5. The number of nitrogens with zero attached hydrogens (tertiary/aromatic N) is 1. The van der Waals surface area contributed by atoms with Crippen LogP contribution >= 0.6 is 0 Å². The summed E-state index contributed by atoms with van der Waals surface area (Å²) in [6, 6.07) is -0.0746. The highest BCUT2D eigenvalue weighted by Crippen LogP contribution is 2.38. The molecule has 1 unspecified atom stereocenters. The minimum absolute atomic E-state index is 0.0746. The molecular formula is C14H27F3N2. The van der Waals surface area contributed by atoms with E-state index in [1.54, 1.807) is 0 Å². The van der Waals surface area contributed by atoms with Gasteiger partial charge in [0.25, 0.3) is 0 Å². The van der Waals surface area contributed by atoms with E-state index in [-0.39, 0.29) is 18.0 Å². The Balaban J connectivity index is 2.79. The number of hydrogen-bond acceptors (Lipinski definition) is 2. The third kappa shape index (κ3) is 4.63. The van der Waals surface area contributed by atoms with Crippen LogP contribution in [0.5, 0.6) is 0 Å². The molecule has 0 heterocycles. The second-order valence-corrected chi connectivity index (χ2v) is 5.82. The van der Waals surface area contributed by atoms with E-state index in [0.717, 1.165) is 32.2 Å². The van der Waals surface area contributed by atoms with Gasteiger partial charge in [-0.2, -0.15) is 13.2 Å². The van der Waals surface area contributed by atoms with Crippen LogP contribution in [-0.2, 0) is 0 Å². The zero-order valence-corrected chi connectivity index (χ0v) is 12.3. The Morgan fingerprint density at radius 3 is 2.16 bits per heavy atom. The van der Waals surface area contributed by atoms with E-state index < -0.39 is 12.6 Å². The fraction of sp³-hybridized carbons (Fsp3) is 1.00. The lowest BCUT2D eigenvalue weighted by molar-refractivity contribution is -0.139. The van der Waals surface area contributed by atoms with Crippen molar-refractivity contribution in [3.63, 3.8) is 0 Å². The van der Waals surface area contributed by atoms with E-state index in [4.69, 9.17) is 0 Å². The van der Waals surface area contributed by atoms with E-state index in [1.807, 2.05) is 21.0 Å². The first-order valence-corrected chi connectivity index (χ1v) is 7.29. The molecule has 114 valence electrons. The van der Waals surface area contributed by atoms with E-state index >= 15 is 0 Å². The minimum Gasteiger partial charge on any atom is -0.312 e. The van der Waals surface area contributed by atoms with Gasteiger partial charge >= 0.3 is 6.18 Å². The van der Waals surface area contributed by atoms with Gasteiger partial charge in [-0.3, -0.25) is 0 Å². The van der Waals surface area contributed by atoms with E-state index in [9.17, 15) is 13.2 Å². The van der Waals surface area contributed by atoms with E-state index in [2.05, 4.69) is 10.2 Å². The largest absolute Gasteiger partial charge is 0.389 e. The van der Waals surface area contributed by atoms with Crippen molar-refractivity contribution in [2.24, 2.45) is 0 Å². The van der Waals surface area contributed by atoms with Crippen LogP contribution in [-0.4, -0.2) is 43.3 Å². The molecule has 0 radical (unpaired) electrons. The molecular weight excluding hydrogens is 253 g/mol. The van der Waals surface area contributed by atoms with Gasteiger partial charge in [0, 0.05) is 18.0 Å². The van der Waals surface area contributed by atoms with Gasteiger partial charge in [0.05, 0.1) is 0 Å². The standard InChI is InChI=1S/C14H27F3N2/c1-4-18-12(8-11-14(15,16)17)13(19(2)3)9-6-5-7-10-13/h12,18H,4-11H2,1-3H3. The molecule has 19 heavy (non-hydrogen) atoms. The van der Waals surface area contributed by atoms with Crippen molar-refractivity contribution in [1.82, 2.24) is 10.2 Å². The zero-order chi connectivity index (χ0) is 14.5. The summed E-state index contributed by atoms with van der Waals surface area (Å²) in [6.07, 6.45) is 0.850. The molecule has 0 aromatic carbocycles. The molecule has 0 saturated heterocycles. The van der Waals surface area contributed by atoms with Crippen LogP contribution in [0.1, 0.15) is 51.9 Å². The van der Waals surface area contributed by atoms with Crippen LogP contribution in [0.15, 0.2) is 0 Å². The smallest absolute Gasteiger partial charge is 0.312 e. The third-order valence-electron chi connectivity index (χ3n) is 4.43. The summed E-state index contributed by atoms with van der Waals surface area (Å²) in [5.74, 6) is 0. The Hall–Kier alpha value is -0.290. The van der Waals surface area contributed by atoms with Crippen LogP contribution < -0.4 is 5.32 Å². The SMILES string of the molecule is CCNC(CCC(F)(F)F)C1(N(C)C)CCCCC1. The van der Waals surface area contributed by atoms with Gasteiger partial charge in [0.2, 0.25) is 0 Å². The zero-order valence-electron chi connectivity index (χ0n) is 12.3. The minimum atomic E-state index is -4.06. The Labute approximate surface area is 114 Å². The maximum Gasteiger partial charge on any atom is 0.389 e. The maximum atomic E-state index is 12.5. The predicted octanol–water partition coefficient (Wildman–Crippen LogP) is 3.57. The van der Waals surface area contributed by atoms with Crippen molar-refractivity contribution in [3.05, 3.63) is 0 Å². The molecule has 1 N–H and O–H groups in total. The highest BCUT2D eigenvalue weighted by molar-refractivity contribution is 5.00. The van der Waals surface area contributed by atoms with Crippen molar-refractivity contribution >= 4 is 0 Å². The number of rotatable bonds is 6. The quantitative estimate of drug-likeness (QED) is 0.800. The first-order chi connectivity index (χ1) is 8.82. The van der Waals surface area contributed by atoms with Gasteiger partial charge in [-0.25, -0.2) is 0 Å². The van der Waals surface area contributed by atoms with Crippen LogP contribution in [0.3, 0.4) is 0 Å². The molecule has 1 atom stereocenters. The summed E-state index contributed by atoms with van der Waals surface area (Å²) >= 11 is 0. The van der Waals surface area contributed by atoms with Crippen molar-refractivity contribution in [2.75, 3.05) is 20.6 Å². The molecule has 0 amide bonds. The molecule has 1 aliphatic rings. The normalized spacial score (nSPS) is 21.6. The van der Waals surface area contributed by atoms with Gasteiger partial charge in [-0.15, -0.1) is 0 Å². The Bertz CT molecular complexity index is 258. The van der Waals surface area contributed by atoms with Crippen LogP contribution in [0.25, 0.3) is 0 Å². The van der Waals surface area contributed by atoms with Crippen molar-refractivity contribution in [3.8, 4) is 0 Å². The summed E-state index contributed by atoms with van der Waals surface area (Å²) in [6.45, 7) is 2.69. The maximum absolute atomic E-state index is 12.5. The Morgan fingerprint density at radius 1 is 1.16 bits per heavy atom. The average molecular weight is 280 g/mol. The average Bonchev–Trinajstić information content (AvgIpc) is 2.34. The fourth-order valence-electron chi connectivity index (χ4n) is 3.39. The lowest BCUT2D eigenvalue weighted by atomic mass is 9.74. The lowest BCUT2D eigenvalue weighted by Gasteiger charge is -2.49. The van der Waals surface area contributed by atoms with Crippen LogP contribution in [0, 0.1) is 0 Å². The second-order valence-electron chi connectivity index (χ2n) is 5.82. The number of nitrogens with one attached hydrogen (secondary N) is 1. The third-order valence-corrected chi connectivity index (χ3v) is 4.43. The molecule has 1 aliphatic carbocycles. The number of halogens is 3. The fourth-order valence-corrected chi connectivity index (χ4v) is 3.39. The van der Waals surface area contributed by atoms with Gasteiger partial charge < -0.3 is 10.2 Å². The molecule has 0 aromatic heterocycles. The molecule has 0 aromatic rings. The predicted molar refractivity (Wildman–Crippen MR) is 72.3 cm³/mol. The number of hydrogen-bond donors (Lipinski definition) is 1. The summed E-state index contributed by atoms with van der Waals surface area (Å²) in [4.78, 5) is 2.15. The first-order valence-electron chi connectivity index (χ1n) is 7.29. The monoisotopic (exact) mass is 280 g/mol. The molecule has 1 rings (SSSR count). The second kappa shape index (κ2) is 6.93. The molecule has 2 nitrogen and oxygen atoms in total. The molecule has 0 bridgehead atoms. The van der Waals surface area contributed by atoms with Gasteiger partial charge in [0.15, 0.2) is 0 Å². The summed E-state index contributed by atoms with van der Waals surface area (Å²) in [7, 11) is 4.01. The van der Waals surface area contributed by atoms with Gasteiger partial charge in [0.1, 0.15) is 0 Å². The highest BCUT2D eigenvalue weighted by Gasteiger charge is 2.42. The molecule has 1 fully saturated rings. The highest BCUT2D eigenvalue weighted by atomic mass is 19.4. The number of alkyl halides is 3. The molecule has 1 saturated carbocycles. The number of likely N-dealkylation sites (N-methyl/N-ethyl adjacent to an activating group) is 2. The van der Waals surface area contributed by atoms with E-state index in [1.165, 1.54) is 6.42 Å². The summed E-state index contributed by atoms with van der Waals surface area (Å²) in [5, 5.41) is 3.31. The summed E-state index contributed by atoms with van der Waals surface area (Å²) in [5.41, 5.74) is -0.112. The van der Waals surface area contributed by atoms with Crippen LogP contribution in [0.4, 0.5) is 13.2 Å². The van der Waals surface area contributed by atoms with Crippen molar-refractivity contribution in [1.29, 1.82) is 0 Å². The van der Waals surface area contributed by atoms with Crippen molar-refractivity contribution < 1.29 is 13.2 Å². The molecule has 5 heteroatoms. The molecule has 0 spiro atoms. The Kier molecular flexibility index (Phi) is 6.12. The van der Waals surface area contributed by atoms with Crippen LogP contribution in [0.2, 0.25) is 0 Å². The molecule has 0 aliphatic heterocycles. The topological polar surface area (TPSA) is 15.3 Å². The first kappa shape index (κ1) is 16.8. The van der Waals surface area contributed by atoms with Gasteiger partial charge in [-0.1, -0.05) is 26.2 Å². The van der Waals surface area contributed by atoms with Crippen molar-refractivity contribution in [2.45, 2.75) is 69.6 Å². The lowest BCUT2D eigenvalue weighted by Crippen LogP contribution is -2.60. The Morgan fingerprint density at radius 2 is 1.74 bits per heavy atom. The van der Waals surface area contributed by atoms with E-state index in [0.29, 0.717) is 0 Å².